The van der Waals surface area contributed by atoms with Crippen molar-refractivity contribution in [2.75, 3.05) is 13.1 Å². The SMILES string of the molecule is C=CC(=O)N1CC[C@H](OC(=O)N[C@H](CB(O)O)c2ccccc2)C1. The molecule has 7 nitrogen and oxygen atoms in total. The number of hydrogen-bond acceptors (Lipinski definition) is 5. The third-order valence-corrected chi connectivity index (χ3v) is 3.85. The summed E-state index contributed by atoms with van der Waals surface area (Å²) in [7, 11) is -1.55. The number of amides is 2. The lowest BCUT2D eigenvalue weighted by Crippen LogP contribution is -2.36. The highest BCUT2D eigenvalue weighted by atomic mass is 16.6. The lowest BCUT2D eigenvalue weighted by Gasteiger charge is -2.20. The number of rotatable bonds is 6. The summed E-state index contributed by atoms with van der Waals surface area (Å²) < 4.78 is 5.33. The van der Waals surface area contributed by atoms with Crippen molar-refractivity contribution in [2.45, 2.75) is 24.9 Å². The minimum atomic E-state index is -1.55. The normalized spacial score (nSPS) is 17.9. The van der Waals surface area contributed by atoms with E-state index < -0.39 is 19.3 Å². The Morgan fingerprint density at radius 2 is 2.12 bits per heavy atom. The lowest BCUT2D eigenvalue weighted by atomic mass is 9.79. The highest BCUT2D eigenvalue weighted by Gasteiger charge is 2.29. The molecule has 0 aromatic heterocycles. The minimum absolute atomic E-state index is 0.0507. The van der Waals surface area contributed by atoms with Gasteiger partial charge in [-0.25, -0.2) is 4.79 Å². The molecule has 128 valence electrons. The summed E-state index contributed by atoms with van der Waals surface area (Å²) in [5, 5.41) is 21.1. The second-order valence-electron chi connectivity index (χ2n) is 5.63. The summed E-state index contributed by atoms with van der Waals surface area (Å²) in [5.41, 5.74) is 0.748. The molecule has 1 aromatic carbocycles. The minimum Gasteiger partial charge on any atom is -0.444 e. The Kier molecular flexibility index (Phi) is 6.40. The summed E-state index contributed by atoms with van der Waals surface area (Å²) in [5.74, 6) is -0.188. The second-order valence-corrected chi connectivity index (χ2v) is 5.63. The predicted molar refractivity (Wildman–Crippen MR) is 89.0 cm³/mol. The van der Waals surface area contributed by atoms with Crippen LogP contribution in [0.25, 0.3) is 0 Å². The average Bonchev–Trinajstić information content (AvgIpc) is 3.02. The summed E-state index contributed by atoms with van der Waals surface area (Å²) in [6, 6.07) is 8.42. The van der Waals surface area contributed by atoms with E-state index in [9.17, 15) is 19.6 Å². The first-order valence-corrected chi connectivity index (χ1v) is 7.79. The zero-order chi connectivity index (χ0) is 17.5. The quantitative estimate of drug-likeness (QED) is 0.526. The molecule has 24 heavy (non-hydrogen) atoms. The van der Waals surface area contributed by atoms with Crippen molar-refractivity contribution in [3.8, 4) is 0 Å². The molecule has 2 atom stereocenters. The first-order chi connectivity index (χ1) is 11.5. The molecule has 0 spiro atoms. The van der Waals surface area contributed by atoms with Crippen LogP contribution in [0.5, 0.6) is 0 Å². The summed E-state index contributed by atoms with van der Waals surface area (Å²) in [6.07, 6.45) is 0.708. The van der Waals surface area contributed by atoms with E-state index in [2.05, 4.69) is 11.9 Å². The van der Waals surface area contributed by atoms with Crippen molar-refractivity contribution in [1.82, 2.24) is 10.2 Å². The van der Waals surface area contributed by atoms with Gasteiger partial charge in [0.2, 0.25) is 5.91 Å². The van der Waals surface area contributed by atoms with Gasteiger partial charge in [-0.15, -0.1) is 0 Å². The van der Waals surface area contributed by atoms with Crippen LogP contribution in [0, 0.1) is 0 Å². The van der Waals surface area contributed by atoms with Gasteiger partial charge in [-0.05, 0) is 11.6 Å². The van der Waals surface area contributed by atoms with Crippen molar-refractivity contribution < 1.29 is 24.4 Å². The molecule has 0 unspecified atom stereocenters. The zero-order valence-corrected chi connectivity index (χ0v) is 13.3. The standard InChI is InChI=1S/C16H21BN2O5/c1-2-15(20)19-9-8-13(11-19)24-16(21)18-14(10-17(22)23)12-6-4-3-5-7-12/h2-7,13-14,22-23H,1,8-11H2,(H,18,21)/t13-,14+/m0/s1. The molecule has 8 heteroatoms. The number of nitrogens with zero attached hydrogens (tertiary/aromatic N) is 1. The number of likely N-dealkylation sites (tertiary alicyclic amines) is 1. The smallest absolute Gasteiger partial charge is 0.444 e. The van der Waals surface area contributed by atoms with Crippen LogP contribution in [-0.2, 0) is 9.53 Å². The molecule has 1 aliphatic heterocycles. The molecule has 0 bridgehead atoms. The van der Waals surface area contributed by atoms with Gasteiger partial charge < -0.3 is 25.0 Å². The summed E-state index contributed by atoms with van der Waals surface area (Å²) in [6.45, 7) is 4.28. The maximum absolute atomic E-state index is 12.1. The maximum atomic E-state index is 12.1. The van der Waals surface area contributed by atoms with Gasteiger partial charge >= 0.3 is 13.2 Å². The molecule has 0 aliphatic carbocycles. The Labute approximate surface area is 141 Å². The molecule has 0 radical (unpaired) electrons. The Morgan fingerprint density at radius 1 is 1.42 bits per heavy atom. The average molecular weight is 332 g/mol. The molecule has 3 N–H and O–H groups in total. The maximum Gasteiger partial charge on any atom is 0.453 e. The molecule has 1 aromatic rings. The molecule has 1 saturated heterocycles. The van der Waals surface area contributed by atoms with E-state index in [1.165, 1.54) is 6.08 Å². The fraction of sp³-hybridized carbons (Fsp3) is 0.375. The number of alkyl carbamates (subject to hydrolysis) is 1. The van der Waals surface area contributed by atoms with E-state index in [1.54, 1.807) is 29.2 Å². The van der Waals surface area contributed by atoms with E-state index in [0.29, 0.717) is 19.5 Å². The summed E-state index contributed by atoms with van der Waals surface area (Å²) >= 11 is 0. The van der Waals surface area contributed by atoms with Crippen LogP contribution in [0.15, 0.2) is 43.0 Å². The van der Waals surface area contributed by atoms with E-state index in [0.717, 1.165) is 5.56 Å². The molecular formula is C16H21BN2O5. The van der Waals surface area contributed by atoms with Crippen LogP contribution in [0.4, 0.5) is 4.79 Å². The first-order valence-electron chi connectivity index (χ1n) is 7.79. The van der Waals surface area contributed by atoms with Gasteiger partial charge in [-0.1, -0.05) is 36.9 Å². The number of carbonyl (C=O) groups excluding carboxylic acids is 2. The van der Waals surface area contributed by atoms with E-state index >= 15 is 0 Å². The second kappa shape index (κ2) is 8.51. The number of benzene rings is 1. The van der Waals surface area contributed by atoms with Gasteiger partial charge in [0.25, 0.3) is 0 Å². The van der Waals surface area contributed by atoms with Crippen molar-refractivity contribution >= 4 is 19.1 Å². The van der Waals surface area contributed by atoms with E-state index in [1.807, 2.05) is 6.07 Å². The fourth-order valence-electron chi connectivity index (χ4n) is 2.66. The summed E-state index contributed by atoms with van der Waals surface area (Å²) in [4.78, 5) is 25.2. The monoisotopic (exact) mass is 332 g/mol. The lowest BCUT2D eigenvalue weighted by molar-refractivity contribution is -0.125. The molecule has 0 saturated carbocycles. The van der Waals surface area contributed by atoms with Crippen LogP contribution in [0.1, 0.15) is 18.0 Å². The number of ether oxygens (including phenoxy) is 1. The number of carbonyl (C=O) groups is 2. The van der Waals surface area contributed by atoms with E-state index in [-0.39, 0.29) is 18.3 Å². The fourth-order valence-corrected chi connectivity index (χ4v) is 2.66. The van der Waals surface area contributed by atoms with Gasteiger partial charge in [0.15, 0.2) is 0 Å². The Hall–Kier alpha value is -2.32. The third-order valence-electron chi connectivity index (χ3n) is 3.85. The van der Waals surface area contributed by atoms with Crippen LogP contribution < -0.4 is 5.32 Å². The molecule has 1 fully saturated rings. The van der Waals surface area contributed by atoms with Gasteiger partial charge in [0.05, 0.1) is 12.6 Å². The van der Waals surface area contributed by atoms with Crippen LogP contribution >= 0.6 is 0 Å². The van der Waals surface area contributed by atoms with Gasteiger partial charge in [0.1, 0.15) is 6.10 Å². The predicted octanol–water partition coefficient (Wildman–Crippen LogP) is 0.714. The van der Waals surface area contributed by atoms with E-state index in [4.69, 9.17) is 4.74 Å². The Morgan fingerprint density at radius 3 is 2.75 bits per heavy atom. The van der Waals surface area contributed by atoms with Gasteiger partial charge in [-0.3, -0.25) is 4.79 Å². The molecule has 1 aliphatic rings. The van der Waals surface area contributed by atoms with Crippen molar-refractivity contribution in [2.24, 2.45) is 0 Å². The largest absolute Gasteiger partial charge is 0.453 e. The van der Waals surface area contributed by atoms with Crippen molar-refractivity contribution in [1.29, 1.82) is 0 Å². The number of hydrogen-bond donors (Lipinski definition) is 3. The van der Waals surface area contributed by atoms with Crippen molar-refractivity contribution in [3.05, 3.63) is 48.6 Å². The van der Waals surface area contributed by atoms with Crippen LogP contribution in [0.3, 0.4) is 0 Å². The van der Waals surface area contributed by atoms with Crippen molar-refractivity contribution in [3.63, 3.8) is 0 Å². The molecule has 2 amide bonds. The highest BCUT2D eigenvalue weighted by molar-refractivity contribution is 6.41. The van der Waals surface area contributed by atoms with Gasteiger partial charge in [-0.2, -0.15) is 0 Å². The Balaban J connectivity index is 1.91. The zero-order valence-electron chi connectivity index (χ0n) is 13.3. The number of nitrogens with one attached hydrogen (secondary N) is 1. The molecule has 2 rings (SSSR count). The Bertz CT molecular complexity index is 581. The van der Waals surface area contributed by atoms with Crippen LogP contribution in [-0.4, -0.2) is 53.3 Å². The first kappa shape index (κ1) is 18.0. The molecular weight excluding hydrogens is 311 g/mol. The highest BCUT2D eigenvalue weighted by Crippen LogP contribution is 2.19. The topological polar surface area (TPSA) is 99.1 Å². The molecule has 1 heterocycles. The van der Waals surface area contributed by atoms with Crippen LogP contribution in [0.2, 0.25) is 6.32 Å². The van der Waals surface area contributed by atoms with Gasteiger partial charge in [0, 0.05) is 19.3 Å². The third kappa shape index (κ3) is 5.11.